The summed E-state index contributed by atoms with van der Waals surface area (Å²) in [5.74, 6) is 0. The van der Waals surface area contributed by atoms with E-state index in [-0.39, 0.29) is 0 Å². The quantitative estimate of drug-likeness (QED) is 0.570. The van der Waals surface area contributed by atoms with Crippen molar-refractivity contribution in [3.8, 4) is 0 Å². The van der Waals surface area contributed by atoms with Crippen molar-refractivity contribution in [1.29, 1.82) is 0 Å². The summed E-state index contributed by atoms with van der Waals surface area (Å²) in [5.41, 5.74) is 4.24. The second-order valence-corrected chi connectivity index (χ2v) is 6.36. The first kappa shape index (κ1) is 16.1. The van der Waals surface area contributed by atoms with Gasteiger partial charge in [-0.3, -0.25) is 0 Å². The van der Waals surface area contributed by atoms with Crippen LogP contribution < -0.4 is 5.32 Å². The Morgan fingerprint density at radius 2 is 1.90 bits per heavy atom. The molecule has 0 heterocycles. The molecular formula is C19H25NS. The predicted octanol–water partition coefficient (Wildman–Crippen LogP) is 5.00. The maximum absolute atomic E-state index is 3.63. The monoisotopic (exact) mass is 299 g/mol. The van der Waals surface area contributed by atoms with Crippen LogP contribution >= 0.6 is 11.8 Å². The topological polar surface area (TPSA) is 12.0 Å². The molecule has 0 radical (unpaired) electrons. The van der Waals surface area contributed by atoms with Gasteiger partial charge in [-0.05, 0) is 68.3 Å². The first-order chi connectivity index (χ1) is 10.2. The highest BCUT2D eigenvalue weighted by atomic mass is 32.2. The van der Waals surface area contributed by atoms with Crippen molar-refractivity contribution in [2.45, 2.75) is 37.6 Å². The van der Waals surface area contributed by atoms with E-state index in [1.54, 1.807) is 11.8 Å². The van der Waals surface area contributed by atoms with Gasteiger partial charge in [0.1, 0.15) is 0 Å². The van der Waals surface area contributed by atoms with Crippen molar-refractivity contribution in [2.75, 3.05) is 12.8 Å². The van der Waals surface area contributed by atoms with Crippen molar-refractivity contribution in [1.82, 2.24) is 5.32 Å². The van der Waals surface area contributed by atoms with E-state index in [4.69, 9.17) is 0 Å². The molecule has 21 heavy (non-hydrogen) atoms. The highest BCUT2D eigenvalue weighted by Crippen LogP contribution is 2.20. The molecule has 0 bridgehead atoms. The van der Waals surface area contributed by atoms with Crippen LogP contribution in [0.25, 0.3) is 0 Å². The number of hydrogen-bond donors (Lipinski definition) is 1. The molecule has 2 aromatic rings. The van der Waals surface area contributed by atoms with E-state index in [1.165, 1.54) is 28.0 Å². The molecule has 0 aliphatic carbocycles. The lowest BCUT2D eigenvalue weighted by molar-refractivity contribution is 0.557. The number of thioether (sulfide) groups is 1. The molecular weight excluding hydrogens is 274 g/mol. The minimum Gasteiger partial charge on any atom is -0.310 e. The SMILES string of the molecule is CSc1cccc(C(C)NCCCc2ccccc2C)c1. The van der Waals surface area contributed by atoms with Crippen molar-refractivity contribution in [3.05, 3.63) is 65.2 Å². The minimum atomic E-state index is 0.411. The molecule has 112 valence electrons. The summed E-state index contributed by atoms with van der Waals surface area (Å²) in [5, 5.41) is 3.63. The van der Waals surface area contributed by atoms with Crippen LogP contribution in [0.5, 0.6) is 0 Å². The fourth-order valence-electron chi connectivity index (χ4n) is 2.52. The summed E-state index contributed by atoms with van der Waals surface area (Å²) in [6, 6.07) is 17.9. The summed E-state index contributed by atoms with van der Waals surface area (Å²) in [7, 11) is 0. The fraction of sp³-hybridized carbons (Fsp3) is 0.368. The van der Waals surface area contributed by atoms with Crippen LogP contribution in [0.4, 0.5) is 0 Å². The molecule has 0 spiro atoms. The average Bonchev–Trinajstić information content (AvgIpc) is 2.53. The normalized spacial score (nSPS) is 12.3. The molecule has 0 saturated carbocycles. The molecule has 1 N–H and O–H groups in total. The summed E-state index contributed by atoms with van der Waals surface area (Å²) in [6.45, 7) is 5.49. The van der Waals surface area contributed by atoms with Crippen LogP contribution in [0, 0.1) is 6.92 Å². The third-order valence-corrected chi connectivity index (χ3v) is 4.65. The third-order valence-electron chi connectivity index (χ3n) is 3.93. The van der Waals surface area contributed by atoms with Crippen LogP contribution in [0.1, 0.15) is 36.1 Å². The Kier molecular flexibility index (Phi) is 6.34. The molecule has 0 amide bonds. The second kappa shape index (κ2) is 8.26. The fourth-order valence-corrected chi connectivity index (χ4v) is 2.99. The lowest BCUT2D eigenvalue weighted by Crippen LogP contribution is -2.20. The molecule has 0 aliphatic rings. The zero-order chi connectivity index (χ0) is 15.1. The first-order valence-electron chi connectivity index (χ1n) is 7.62. The van der Waals surface area contributed by atoms with Crippen molar-refractivity contribution in [2.24, 2.45) is 0 Å². The van der Waals surface area contributed by atoms with Crippen LogP contribution in [0.2, 0.25) is 0 Å². The first-order valence-corrected chi connectivity index (χ1v) is 8.85. The largest absolute Gasteiger partial charge is 0.310 e. The molecule has 1 atom stereocenters. The minimum absolute atomic E-state index is 0.411. The van der Waals surface area contributed by atoms with Gasteiger partial charge in [0.25, 0.3) is 0 Å². The summed E-state index contributed by atoms with van der Waals surface area (Å²) in [6.07, 6.45) is 4.45. The Labute approximate surface area is 133 Å². The summed E-state index contributed by atoms with van der Waals surface area (Å²) >= 11 is 1.80. The van der Waals surface area contributed by atoms with Gasteiger partial charge in [-0.25, -0.2) is 0 Å². The van der Waals surface area contributed by atoms with Gasteiger partial charge >= 0.3 is 0 Å². The predicted molar refractivity (Wildman–Crippen MR) is 94.1 cm³/mol. The molecule has 1 nitrogen and oxygen atoms in total. The average molecular weight is 299 g/mol. The molecule has 0 fully saturated rings. The number of nitrogens with one attached hydrogen (secondary N) is 1. The van der Waals surface area contributed by atoms with E-state index < -0.39 is 0 Å². The molecule has 1 unspecified atom stereocenters. The smallest absolute Gasteiger partial charge is 0.0292 e. The zero-order valence-corrected chi connectivity index (χ0v) is 14.0. The third kappa shape index (κ3) is 4.90. The van der Waals surface area contributed by atoms with Crippen LogP contribution in [0.15, 0.2) is 53.4 Å². The number of rotatable bonds is 7. The van der Waals surface area contributed by atoms with E-state index in [2.05, 4.69) is 74.0 Å². The molecule has 0 aliphatic heterocycles. The number of benzene rings is 2. The van der Waals surface area contributed by atoms with Crippen molar-refractivity contribution in [3.63, 3.8) is 0 Å². The Hall–Kier alpha value is -1.25. The van der Waals surface area contributed by atoms with E-state index in [0.29, 0.717) is 6.04 Å². The summed E-state index contributed by atoms with van der Waals surface area (Å²) < 4.78 is 0. The highest BCUT2D eigenvalue weighted by molar-refractivity contribution is 7.98. The zero-order valence-electron chi connectivity index (χ0n) is 13.2. The van der Waals surface area contributed by atoms with Gasteiger partial charge in [0.05, 0.1) is 0 Å². The standard InChI is InChI=1S/C19H25NS/c1-15-8-4-5-9-17(15)11-7-13-20-16(2)18-10-6-12-19(14-18)21-3/h4-6,8-10,12,14,16,20H,7,11,13H2,1-3H3. The Bertz CT molecular complexity index is 565. The molecule has 0 saturated heterocycles. The highest BCUT2D eigenvalue weighted by Gasteiger charge is 2.05. The summed E-state index contributed by atoms with van der Waals surface area (Å²) in [4.78, 5) is 1.33. The van der Waals surface area contributed by atoms with Crippen molar-refractivity contribution < 1.29 is 0 Å². The van der Waals surface area contributed by atoms with E-state index >= 15 is 0 Å². The van der Waals surface area contributed by atoms with Crippen LogP contribution in [-0.2, 0) is 6.42 Å². The van der Waals surface area contributed by atoms with E-state index in [0.717, 1.165) is 13.0 Å². The van der Waals surface area contributed by atoms with E-state index in [9.17, 15) is 0 Å². The second-order valence-electron chi connectivity index (χ2n) is 5.48. The lowest BCUT2D eigenvalue weighted by Gasteiger charge is -2.15. The Morgan fingerprint density at radius 3 is 2.67 bits per heavy atom. The number of aryl methyl sites for hydroxylation is 2. The lowest BCUT2D eigenvalue weighted by atomic mass is 10.0. The molecule has 0 aromatic heterocycles. The van der Waals surface area contributed by atoms with Gasteiger partial charge in [-0.1, -0.05) is 36.4 Å². The maximum atomic E-state index is 3.63. The van der Waals surface area contributed by atoms with Crippen LogP contribution in [-0.4, -0.2) is 12.8 Å². The van der Waals surface area contributed by atoms with Gasteiger partial charge in [-0.15, -0.1) is 11.8 Å². The van der Waals surface area contributed by atoms with Crippen LogP contribution in [0.3, 0.4) is 0 Å². The molecule has 2 rings (SSSR count). The van der Waals surface area contributed by atoms with Gasteiger partial charge in [0, 0.05) is 10.9 Å². The molecule has 2 aromatic carbocycles. The van der Waals surface area contributed by atoms with Gasteiger partial charge in [-0.2, -0.15) is 0 Å². The van der Waals surface area contributed by atoms with E-state index in [1.807, 2.05) is 0 Å². The maximum Gasteiger partial charge on any atom is 0.0292 e. The number of hydrogen-bond acceptors (Lipinski definition) is 2. The van der Waals surface area contributed by atoms with Gasteiger partial charge < -0.3 is 5.32 Å². The Balaban J connectivity index is 1.79. The van der Waals surface area contributed by atoms with Crippen molar-refractivity contribution >= 4 is 11.8 Å². The van der Waals surface area contributed by atoms with Gasteiger partial charge in [0.15, 0.2) is 0 Å². The Morgan fingerprint density at radius 1 is 1.10 bits per heavy atom. The molecule has 2 heteroatoms. The van der Waals surface area contributed by atoms with Gasteiger partial charge in [0.2, 0.25) is 0 Å².